The maximum Gasteiger partial charge on any atom is 0.280 e. The van der Waals surface area contributed by atoms with Crippen LogP contribution >= 0.6 is 0 Å². The van der Waals surface area contributed by atoms with Crippen molar-refractivity contribution in [2.45, 2.75) is 26.9 Å². The van der Waals surface area contributed by atoms with Gasteiger partial charge in [0.2, 0.25) is 0 Å². The number of ketones is 1. The summed E-state index contributed by atoms with van der Waals surface area (Å²) in [5.41, 5.74) is 10.8. The second-order valence-corrected chi connectivity index (χ2v) is 4.28. The normalized spacial score (nSPS) is 10.1. The van der Waals surface area contributed by atoms with Crippen molar-refractivity contribution in [1.82, 2.24) is 0 Å². The average molecular weight is 263 g/mol. The Morgan fingerprint density at radius 1 is 1.26 bits per heavy atom. The van der Waals surface area contributed by atoms with Crippen LogP contribution in [0.15, 0.2) is 23.2 Å². The zero-order chi connectivity index (χ0) is 14.6. The fraction of sp³-hybridized carbons (Fsp3) is 0.308. The SMILES string of the molecule is CC(=O)c1cc(C(=O)N=C(N)N)ccc1OC(C)C. The zero-order valence-corrected chi connectivity index (χ0v) is 11.1. The molecular weight excluding hydrogens is 246 g/mol. The van der Waals surface area contributed by atoms with Crippen LogP contribution in [0, 0.1) is 0 Å². The summed E-state index contributed by atoms with van der Waals surface area (Å²) in [6.45, 7) is 5.10. The second kappa shape index (κ2) is 5.99. The molecule has 0 saturated carbocycles. The van der Waals surface area contributed by atoms with Gasteiger partial charge in [-0.3, -0.25) is 9.59 Å². The molecule has 6 nitrogen and oxygen atoms in total. The Labute approximate surface area is 111 Å². The highest BCUT2D eigenvalue weighted by atomic mass is 16.5. The molecule has 102 valence electrons. The quantitative estimate of drug-likeness (QED) is 0.480. The lowest BCUT2D eigenvalue weighted by Crippen LogP contribution is -2.24. The van der Waals surface area contributed by atoms with Gasteiger partial charge in [-0.25, -0.2) is 0 Å². The fourth-order valence-electron chi connectivity index (χ4n) is 1.48. The number of benzene rings is 1. The molecule has 0 saturated heterocycles. The molecule has 0 heterocycles. The topological polar surface area (TPSA) is 108 Å². The van der Waals surface area contributed by atoms with E-state index in [2.05, 4.69) is 4.99 Å². The minimum Gasteiger partial charge on any atom is -0.490 e. The van der Waals surface area contributed by atoms with Crippen LogP contribution in [-0.4, -0.2) is 23.8 Å². The molecule has 1 aromatic carbocycles. The predicted octanol–water partition coefficient (Wildman–Crippen LogP) is 1.09. The van der Waals surface area contributed by atoms with Gasteiger partial charge in [-0.05, 0) is 39.0 Å². The number of aliphatic imine (C=N–C) groups is 1. The van der Waals surface area contributed by atoms with Gasteiger partial charge in [0, 0.05) is 5.56 Å². The summed E-state index contributed by atoms with van der Waals surface area (Å²) in [5.74, 6) is -0.686. The Morgan fingerprint density at radius 2 is 1.89 bits per heavy atom. The molecule has 1 aromatic rings. The van der Waals surface area contributed by atoms with Crippen molar-refractivity contribution < 1.29 is 14.3 Å². The molecule has 1 rings (SSSR count). The third kappa shape index (κ3) is 4.09. The van der Waals surface area contributed by atoms with E-state index in [-0.39, 0.29) is 23.4 Å². The third-order valence-corrected chi connectivity index (χ3v) is 2.20. The van der Waals surface area contributed by atoms with E-state index in [0.29, 0.717) is 11.3 Å². The Hall–Kier alpha value is -2.37. The largest absolute Gasteiger partial charge is 0.490 e. The Morgan fingerprint density at radius 3 is 2.37 bits per heavy atom. The van der Waals surface area contributed by atoms with Crippen LogP contribution in [0.4, 0.5) is 0 Å². The lowest BCUT2D eigenvalue weighted by atomic mass is 10.1. The number of nitrogens with two attached hydrogens (primary N) is 2. The molecule has 0 unspecified atom stereocenters. The minimum atomic E-state index is -0.599. The van der Waals surface area contributed by atoms with Crippen LogP contribution in [-0.2, 0) is 0 Å². The lowest BCUT2D eigenvalue weighted by molar-refractivity contribution is 0.100. The van der Waals surface area contributed by atoms with Crippen molar-refractivity contribution >= 4 is 17.6 Å². The average Bonchev–Trinajstić information content (AvgIpc) is 2.27. The molecular formula is C13H17N3O3. The number of guanidine groups is 1. The van der Waals surface area contributed by atoms with Gasteiger partial charge in [-0.15, -0.1) is 0 Å². The molecule has 0 fully saturated rings. The van der Waals surface area contributed by atoms with E-state index in [9.17, 15) is 9.59 Å². The number of carbonyl (C=O) groups excluding carboxylic acids is 2. The minimum absolute atomic E-state index is 0.0719. The van der Waals surface area contributed by atoms with Crippen molar-refractivity contribution in [3.63, 3.8) is 0 Å². The monoisotopic (exact) mass is 263 g/mol. The van der Waals surface area contributed by atoms with Crippen molar-refractivity contribution in [3.05, 3.63) is 29.3 Å². The number of ether oxygens (including phenoxy) is 1. The van der Waals surface area contributed by atoms with Crippen molar-refractivity contribution in [1.29, 1.82) is 0 Å². The van der Waals surface area contributed by atoms with E-state index in [4.69, 9.17) is 16.2 Å². The van der Waals surface area contributed by atoms with Crippen LogP contribution in [0.25, 0.3) is 0 Å². The Bertz CT molecular complexity index is 532. The molecule has 0 aliphatic carbocycles. The summed E-state index contributed by atoms with van der Waals surface area (Å²) in [5, 5.41) is 0. The molecule has 0 aliphatic rings. The fourth-order valence-corrected chi connectivity index (χ4v) is 1.48. The first-order valence-electron chi connectivity index (χ1n) is 5.77. The Balaban J connectivity index is 3.20. The van der Waals surface area contributed by atoms with Gasteiger partial charge >= 0.3 is 0 Å². The van der Waals surface area contributed by atoms with Crippen LogP contribution in [0.1, 0.15) is 41.5 Å². The summed E-state index contributed by atoms with van der Waals surface area (Å²) in [6, 6.07) is 4.50. The van der Waals surface area contributed by atoms with E-state index in [1.165, 1.54) is 19.1 Å². The number of amides is 1. The van der Waals surface area contributed by atoms with Crippen molar-refractivity contribution in [3.8, 4) is 5.75 Å². The predicted molar refractivity (Wildman–Crippen MR) is 72.4 cm³/mol. The summed E-state index contributed by atoms with van der Waals surface area (Å²) >= 11 is 0. The molecule has 0 bridgehead atoms. The van der Waals surface area contributed by atoms with Gasteiger partial charge in [-0.2, -0.15) is 4.99 Å². The number of carbonyl (C=O) groups is 2. The van der Waals surface area contributed by atoms with Gasteiger partial charge in [0.1, 0.15) is 5.75 Å². The van der Waals surface area contributed by atoms with E-state index in [0.717, 1.165) is 0 Å². The summed E-state index contributed by atoms with van der Waals surface area (Å²) in [6.07, 6.45) is -0.0719. The van der Waals surface area contributed by atoms with Gasteiger partial charge in [0.25, 0.3) is 5.91 Å². The number of nitrogens with zero attached hydrogens (tertiary/aromatic N) is 1. The van der Waals surface area contributed by atoms with Crippen LogP contribution in [0.3, 0.4) is 0 Å². The summed E-state index contributed by atoms with van der Waals surface area (Å²) in [4.78, 5) is 26.7. The number of hydrogen-bond acceptors (Lipinski definition) is 3. The van der Waals surface area contributed by atoms with Crippen molar-refractivity contribution in [2.24, 2.45) is 16.5 Å². The molecule has 19 heavy (non-hydrogen) atoms. The number of rotatable bonds is 4. The second-order valence-electron chi connectivity index (χ2n) is 4.28. The summed E-state index contributed by atoms with van der Waals surface area (Å²) < 4.78 is 5.51. The molecule has 6 heteroatoms. The van der Waals surface area contributed by atoms with Crippen LogP contribution < -0.4 is 16.2 Å². The van der Waals surface area contributed by atoms with E-state index in [1.807, 2.05) is 13.8 Å². The van der Waals surface area contributed by atoms with Crippen molar-refractivity contribution in [2.75, 3.05) is 0 Å². The molecule has 0 spiro atoms. The first-order valence-corrected chi connectivity index (χ1v) is 5.77. The molecule has 0 radical (unpaired) electrons. The van der Waals surface area contributed by atoms with Gasteiger partial charge in [0.15, 0.2) is 11.7 Å². The van der Waals surface area contributed by atoms with E-state index >= 15 is 0 Å². The summed E-state index contributed by atoms with van der Waals surface area (Å²) in [7, 11) is 0. The molecule has 4 N–H and O–H groups in total. The number of hydrogen-bond donors (Lipinski definition) is 2. The maximum absolute atomic E-state index is 11.7. The first kappa shape index (κ1) is 14.7. The highest BCUT2D eigenvalue weighted by Crippen LogP contribution is 2.22. The van der Waals surface area contributed by atoms with Crippen LogP contribution in [0.2, 0.25) is 0 Å². The Kier molecular flexibility index (Phi) is 4.63. The molecule has 0 aliphatic heterocycles. The van der Waals surface area contributed by atoms with E-state index < -0.39 is 5.91 Å². The molecule has 1 amide bonds. The van der Waals surface area contributed by atoms with Gasteiger partial charge < -0.3 is 16.2 Å². The van der Waals surface area contributed by atoms with Crippen LogP contribution in [0.5, 0.6) is 5.75 Å². The maximum atomic E-state index is 11.7. The third-order valence-electron chi connectivity index (χ3n) is 2.20. The van der Waals surface area contributed by atoms with Gasteiger partial charge in [-0.1, -0.05) is 0 Å². The van der Waals surface area contributed by atoms with E-state index in [1.54, 1.807) is 6.07 Å². The first-order chi connectivity index (χ1) is 8.81. The lowest BCUT2D eigenvalue weighted by Gasteiger charge is -2.13. The van der Waals surface area contributed by atoms with Gasteiger partial charge in [0.05, 0.1) is 11.7 Å². The zero-order valence-electron chi connectivity index (χ0n) is 11.1. The highest BCUT2D eigenvalue weighted by molar-refractivity contribution is 6.04. The smallest absolute Gasteiger partial charge is 0.280 e. The molecule has 0 atom stereocenters. The standard InChI is InChI=1S/C13H17N3O3/c1-7(2)19-11-5-4-9(6-10(11)8(3)17)12(18)16-13(14)15/h4-7H,1-3H3,(H4,14,15,16,18). The molecule has 0 aromatic heterocycles. The highest BCUT2D eigenvalue weighted by Gasteiger charge is 2.14. The number of Topliss-reactive ketones (excluding diaryl/α,β-unsaturated/α-hetero) is 1.